The van der Waals surface area contributed by atoms with E-state index in [2.05, 4.69) is 68.3 Å². The number of rotatable bonds is 5. The highest BCUT2D eigenvalue weighted by molar-refractivity contribution is 9.10. The topological polar surface area (TPSA) is 29.9 Å². The number of likely N-dealkylation sites (N-methyl/N-ethyl adjacent to an activating group) is 1. The first-order chi connectivity index (χ1) is 9.13. The molecule has 1 aromatic heterocycles. The Hall–Kier alpha value is -1.13. The third-order valence-electron chi connectivity index (χ3n) is 3.27. The number of hydrogen-bond donors (Lipinski definition) is 1. The molecule has 0 aliphatic rings. The molecule has 0 aliphatic carbocycles. The van der Waals surface area contributed by atoms with Gasteiger partial charge in [0.15, 0.2) is 0 Å². The lowest BCUT2D eigenvalue weighted by Gasteiger charge is -2.17. The van der Waals surface area contributed by atoms with Gasteiger partial charge in [-0.1, -0.05) is 28.1 Å². The van der Waals surface area contributed by atoms with Crippen molar-refractivity contribution in [3.05, 3.63) is 51.8 Å². The fourth-order valence-electron chi connectivity index (χ4n) is 2.35. The average molecular weight is 322 g/mol. The molecule has 0 amide bonds. The Labute approximate surface area is 123 Å². The van der Waals surface area contributed by atoms with Gasteiger partial charge >= 0.3 is 0 Å². The monoisotopic (exact) mass is 321 g/mol. The zero-order chi connectivity index (χ0) is 13.8. The van der Waals surface area contributed by atoms with Crippen LogP contribution >= 0.6 is 15.9 Å². The maximum Gasteiger partial charge on any atom is 0.0597 e. The molecule has 0 saturated carbocycles. The van der Waals surface area contributed by atoms with E-state index < -0.39 is 0 Å². The average Bonchev–Trinajstić information content (AvgIpc) is 2.77. The molecule has 1 aromatic carbocycles. The van der Waals surface area contributed by atoms with Crippen molar-refractivity contribution in [2.75, 3.05) is 7.05 Å². The maximum atomic E-state index is 4.52. The first kappa shape index (κ1) is 14.3. The number of halogens is 1. The standard InChI is InChI=1S/C15H20BrN3/c1-4-19-15(8-11(2)18-19)14(17-3)10-12-6-5-7-13(16)9-12/h5-9,14,17H,4,10H2,1-3H3. The molecule has 0 fully saturated rings. The van der Waals surface area contributed by atoms with Crippen molar-refractivity contribution >= 4 is 15.9 Å². The lowest BCUT2D eigenvalue weighted by molar-refractivity contribution is 0.512. The van der Waals surface area contributed by atoms with Gasteiger partial charge in [-0.15, -0.1) is 0 Å². The lowest BCUT2D eigenvalue weighted by Crippen LogP contribution is -2.22. The van der Waals surface area contributed by atoms with Gasteiger partial charge in [0.05, 0.1) is 17.4 Å². The van der Waals surface area contributed by atoms with Gasteiger partial charge in [-0.05, 0) is 51.1 Å². The highest BCUT2D eigenvalue weighted by Crippen LogP contribution is 2.21. The molecule has 0 saturated heterocycles. The predicted octanol–water partition coefficient (Wildman–Crippen LogP) is 3.48. The van der Waals surface area contributed by atoms with Crippen molar-refractivity contribution < 1.29 is 0 Å². The normalized spacial score (nSPS) is 12.6. The third-order valence-corrected chi connectivity index (χ3v) is 3.76. The fourth-order valence-corrected chi connectivity index (χ4v) is 2.80. The number of benzene rings is 1. The quantitative estimate of drug-likeness (QED) is 0.913. The Balaban J connectivity index is 2.24. The molecule has 1 N–H and O–H groups in total. The van der Waals surface area contributed by atoms with Crippen molar-refractivity contribution in [2.24, 2.45) is 0 Å². The zero-order valence-electron chi connectivity index (χ0n) is 11.7. The summed E-state index contributed by atoms with van der Waals surface area (Å²) in [4.78, 5) is 0. The molecule has 2 aromatic rings. The fraction of sp³-hybridized carbons (Fsp3) is 0.400. The summed E-state index contributed by atoms with van der Waals surface area (Å²) < 4.78 is 3.20. The van der Waals surface area contributed by atoms with Crippen LogP contribution in [0.15, 0.2) is 34.8 Å². The SMILES string of the molecule is CCn1nc(C)cc1C(Cc1cccc(Br)c1)NC. The Morgan fingerprint density at radius 1 is 1.37 bits per heavy atom. The number of nitrogens with zero attached hydrogens (tertiary/aromatic N) is 2. The Morgan fingerprint density at radius 2 is 2.16 bits per heavy atom. The number of nitrogens with one attached hydrogen (secondary N) is 1. The summed E-state index contributed by atoms with van der Waals surface area (Å²) in [5, 5.41) is 7.92. The smallest absolute Gasteiger partial charge is 0.0597 e. The van der Waals surface area contributed by atoms with Crippen LogP contribution in [0, 0.1) is 6.92 Å². The van der Waals surface area contributed by atoms with E-state index in [1.165, 1.54) is 11.3 Å². The van der Waals surface area contributed by atoms with Crippen molar-refractivity contribution in [2.45, 2.75) is 32.9 Å². The molecule has 0 spiro atoms. The predicted molar refractivity (Wildman–Crippen MR) is 82.3 cm³/mol. The Morgan fingerprint density at radius 3 is 2.79 bits per heavy atom. The van der Waals surface area contributed by atoms with Gasteiger partial charge < -0.3 is 5.32 Å². The van der Waals surface area contributed by atoms with E-state index in [4.69, 9.17) is 0 Å². The second-order valence-corrected chi connectivity index (χ2v) is 5.62. The highest BCUT2D eigenvalue weighted by atomic mass is 79.9. The van der Waals surface area contributed by atoms with Crippen molar-refractivity contribution in [3.63, 3.8) is 0 Å². The molecule has 1 unspecified atom stereocenters. The molecular formula is C15H20BrN3. The van der Waals surface area contributed by atoms with E-state index in [0.29, 0.717) is 0 Å². The molecule has 102 valence electrons. The van der Waals surface area contributed by atoms with Gasteiger partial charge in [0.2, 0.25) is 0 Å². The van der Waals surface area contributed by atoms with Crippen molar-refractivity contribution in [1.82, 2.24) is 15.1 Å². The van der Waals surface area contributed by atoms with Crippen LogP contribution in [0.5, 0.6) is 0 Å². The van der Waals surface area contributed by atoms with E-state index in [9.17, 15) is 0 Å². The van der Waals surface area contributed by atoms with Crippen LogP contribution in [0.1, 0.15) is 29.9 Å². The van der Waals surface area contributed by atoms with E-state index in [0.717, 1.165) is 23.1 Å². The minimum atomic E-state index is 0.287. The third kappa shape index (κ3) is 3.45. The highest BCUT2D eigenvalue weighted by Gasteiger charge is 2.15. The molecule has 2 rings (SSSR count). The molecule has 1 atom stereocenters. The summed E-state index contributed by atoms with van der Waals surface area (Å²) in [6.07, 6.45) is 0.959. The van der Waals surface area contributed by atoms with Crippen LogP contribution in [0.3, 0.4) is 0 Å². The Kier molecular flexibility index (Phi) is 4.77. The lowest BCUT2D eigenvalue weighted by atomic mass is 10.0. The minimum Gasteiger partial charge on any atom is -0.311 e. The number of aryl methyl sites for hydroxylation is 2. The summed E-state index contributed by atoms with van der Waals surface area (Å²) in [5.41, 5.74) is 3.64. The second-order valence-electron chi connectivity index (χ2n) is 4.70. The van der Waals surface area contributed by atoms with Crippen molar-refractivity contribution in [1.29, 1.82) is 0 Å². The molecule has 4 heteroatoms. The molecular weight excluding hydrogens is 302 g/mol. The zero-order valence-corrected chi connectivity index (χ0v) is 13.2. The summed E-state index contributed by atoms with van der Waals surface area (Å²) in [6, 6.07) is 10.9. The van der Waals surface area contributed by atoms with Crippen LogP contribution in [0.2, 0.25) is 0 Å². The Bertz CT molecular complexity index is 548. The van der Waals surface area contributed by atoms with Gasteiger partial charge in [0.1, 0.15) is 0 Å². The summed E-state index contributed by atoms with van der Waals surface area (Å²) >= 11 is 3.52. The van der Waals surface area contributed by atoms with E-state index in [1.807, 2.05) is 14.0 Å². The molecule has 0 radical (unpaired) electrons. The van der Waals surface area contributed by atoms with Gasteiger partial charge in [-0.3, -0.25) is 4.68 Å². The molecule has 0 aliphatic heterocycles. The van der Waals surface area contributed by atoms with Crippen molar-refractivity contribution in [3.8, 4) is 0 Å². The van der Waals surface area contributed by atoms with E-state index in [1.54, 1.807) is 0 Å². The van der Waals surface area contributed by atoms with Crippen LogP contribution in [0.25, 0.3) is 0 Å². The molecule has 1 heterocycles. The van der Waals surface area contributed by atoms with Crippen LogP contribution in [0.4, 0.5) is 0 Å². The van der Waals surface area contributed by atoms with Gasteiger partial charge in [-0.25, -0.2) is 0 Å². The second kappa shape index (κ2) is 6.35. The van der Waals surface area contributed by atoms with E-state index >= 15 is 0 Å². The first-order valence-corrected chi connectivity index (χ1v) is 7.39. The maximum absolute atomic E-state index is 4.52. The van der Waals surface area contributed by atoms with Crippen LogP contribution < -0.4 is 5.32 Å². The first-order valence-electron chi connectivity index (χ1n) is 6.60. The van der Waals surface area contributed by atoms with Crippen LogP contribution in [-0.2, 0) is 13.0 Å². The van der Waals surface area contributed by atoms with E-state index in [-0.39, 0.29) is 6.04 Å². The largest absolute Gasteiger partial charge is 0.311 e. The molecule has 19 heavy (non-hydrogen) atoms. The molecule has 3 nitrogen and oxygen atoms in total. The van der Waals surface area contributed by atoms with Gasteiger partial charge in [-0.2, -0.15) is 5.10 Å². The summed E-state index contributed by atoms with van der Waals surface area (Å²) in [7, 11) is 2.00. The van der Waals surface area contributed by atoms with Crippen LogP contribution in [-0.4, -0.2) is 16.8 Å². The summed E-state index contributed by atoms with van der Waals surface area (Å²) in [6.45, 7) is 5.07. The van der Waals surface area contributed by atoms with Gasteiger partial charge in [0, 0.05) is 11.0 Å². The number of aromatic nitrogens is 2. The number of hydrogen-bond acceptors (Lipinski definition) is 2. The van der Waals surface area contributed by atoms with Gasteiger partial charge in [0.25, 0.3) is 0 Å². The summed E-state index contributed by atoms with van der Waals surface area (Å²) in [5.74, 6) is 0. The minimum absolute atomic E-state index is 0.287. The molecule has 0 bridgehead atoms.